The fourth-order valence-corrected chi connectivity index (χ4v) is 5.43. The summed E-state index contributed by atoms with van der Waals surface area (Å²) < 4.78 is 29.0. The molecule has 0 bridgehead atoms. The van der Waals surface area contributed by atoms with Gasteiger partial charge in [-0.1, -0.05) is 0 Å². The van der Waals surface area contributed by atoms with Crippen molar-refractivity contribution in [3.8, 4) is 5.75 Å². The predicted molar refractivity (Wildman–Crippen MR) is 85.3 cm³/mol. The van der Waals surface area contributed by atoms with E-state index in [9.17, 15) is 18.0 Å². The van der Waals surface area contributed by atoms with Crippen LogP contribution in [-0.2, 0) is 19.4 Å². The molecule has 2 amide bonds. The van der Waals surface area contributed by atoms with E-state index in [1.807, 2.05) is 0 Å². The Bertz CT molecular complexity index is 774. The molecular weight excluding hydrogens is 320 g/mol. The molecule has 0 aliphatic carbocycles. The lowest BCUT2D eigenvalue weighted by Gasteiger charge is -2.25. The van der Waals surface area contributed by atoms with Crippen LogP contribution in [0.5, 0.6) is 5.75 Å². The predicted octanol–water partition coefficient (Wildman–Crippen LogP) is 0.803. The van der Waals surface area contributed by atoms with Crippen molar-refractivity contribution in [3.63, 3.8) is 0 Å². The average Bonchev–Trinajstić information content (AvgIpc) is 2.88. The van der Waals surface area contributed by atoms with Gasteiger partial charge in [0, 0.05) is 24.9 Å². The number of rotatable bonds is 3. The molecule has 2 aliphatic rings. The Morgan fingerprint density at radius 3 is 2.74 bits per heavy atom. The lowest BCUT2D eigenvalue weighted by molar-refractivity contribution is -0.117. The van der Waals surface area contributed by atoms with Gasteiger partial charge in [0.15, 0.2) is 9.84 Å². The van der Waals surface area contributed by atoms with Crippen molar-refractivity contribution in [3.05, 3.63) is 18.2 Å². The van der Waals surface area contributed by atoms with Crippen LogP contribution >= 0.6 is 0 Å². The lowest BCUT2D eigenvalue weighted by Crippen LogP contribution is -2.36. The number of carbonyl (C=O) groups excluding carboxylic acids is 2. The zero-order valence-corrected chi connectivity index (χ0v) is 13.7. The van der Waals surface area contributed by atoms with Crippen LogP contribution in [0.15, 0.2) is 18.2 Å². The van der Waals surface area contributed by atoms with E-state index in [4.69, 9.17) is 4.74 Å². The van der Waals surface area contributed by atoms with E-state index in [2.05, 4.69) is 5.32 Å². The Kier molecular flexibility index (Phi) is 3.79. The molecule has 1 aromatic carbocycles. The maximum atomic E-state index is 12.4. The summed E-state index contributed by atoms with van der Waals surface area (Å²) in [6, 6.07) is 4.61. The highest BCUT2D eigenvalue weighted by Gasteiger charge is 2.49. The normalized spacial score (nSPS) is 25.3. The fourth-order valence-electron chi connectivity index (χ4n) is 3.36. The van der Waals surface area contributed by atoms with E-state index in [0.29, 0.717) is 17.1 Å². The van der Waals surface area contributed by atoms with Gasteiger partial charge < -0.3 is 15.0 Å². The van der Waals surface area contributed by atoms with Gasteiger partial charge in [0.25, 0.3) is 0 Å². The summed E-state index contributed by atoms with van der Waals surface area (Å²) in [5, 5.41) is 2.66. The third-order valence-electron chi connectivity index (χ3n) is 4.23. The van der Waals surface area contributed by atoms with Crippen molar-refractivity contribution >= 4 is 33.0 Å². The van der Waals surface area contributed by atoms with Crippen LogP contribution in [0.4, 0.5) is 11.4 Å². The van der Waals surface area contributed by atoms with Crippen molar-refractivity contribution in [2.24, 2.45) is 5.92 Å². The number of nitrogens with one attached hydrogen (secondary N) is 1. The minimum atomic E-state index is -3.12. The summed E-state index contributed by atoms with van der Waals surface area (Å²) in [6.45, 7) is 1.39. The minimum Gasteiger partial charge on any atom is -0.495 e. The topological polar surface area (TPSA) is 92.8 Å². The molecule has 7 nitrogen and oxygen atoms in total. The zero-order valence-electron chi connectivity index (χ0n) is 12.9. The highest BCUT2D eigenvalue weighted by molar-refractivity contribution is 7.91. The third kappa shape index (κ3) is 2.90. The largest absolute Gasteiger partial charge is 0.495 e. The van der Waals surface area contributed by atoms with Gasteiger partial charge in [-0.15, -0.1) is 0 Å². The first-order valence-electron chi connectivity index (χ1n) is 7.29. The summed E-state index contributed by atoms with van der Waals surface area (Å²) >= 11 is 0. The highest BCUT2D eigenvalue weighted by Crippen LogP contribution is 2.41. The van der Waals surface area contributed by atoms with Crippen LogP contribution in [0.2, 0.25) is 0 Å². The van der Waals surface area contributed by atoms with E-state index in [1.165, 1.54) is 18.9 Å². The van der Waals surface area contributed by atoms with Gasteiger partial charge in [0.05, 0.1) is 30.3 Å². The molecule has 0 saturated carbocycles. The summed E-state index contributed by atoms with van der Waals surface area (Å²) in [5.74, 6) is -0.0350. The molecule has 8 heteroatoms. The van der Waals surface area contributed by atoms with Gasteiger partial charge in [-0.05, 0) is 18.2 Å². The Morgan fingerprint density at radius 1 is 1.35 bits per heavy atom. The maximum absolute atomic E-state index is 12.4. The minimum absolute atomic E-state index is 0.0308. The molecule has 2 aliphatic heterocycles. The lowest BCUT2D eigenvalue weighted by atomic mass is 10.0. The number of ether oxygens (including phenoxy) is 1. The van der Waals surface area contributed by atoms with E-state index in [1.54, 1.807) is 18.2 Å². The molecule has 3 rings (SSSR count). The van der Waals surface area contributed by atoms with E-state index in [0.717, 1.165) is 0 Å². The second kappa shape index (κ2) is 5.52. The number of benzene rings is 1. The zero-order chi connectivity index (χ0) is 16.8. The van der Waals surface area contributed by atoms with Crippen LogP contribution in [0.1, 0.15) is 13.3 Å². The van der Waals surface area contributed by atoms with Crippen molar-refractivity contribution in [1.82, 2.24) is 0 Å². The molecule has 1 aromatic rings. The Labute approximate surface area is 134 Å². The average molecular weight is 338 g/mol. The molecule has 0 unspecified atom stereocenters. The first-order valence-corrected chi connectivity index (χ1v) is 9.11. The molecule has 0 aromatic heterocycles. The molecule has 2 saturated heterocycles. The standard InChI is InChI=1S/C15H18N2O5S/c1-9(18)16-11-3-4-14(22-2)12(6-11)17-13-8-23(20,21)7-10(13)5-15(17)19/h3-4,6,10,13H,5,7-8H2,1-2H3,(H,16,18)/t10-,13+/m0/s1. The Balaban J connectivity index is 2.02. The van der Waals surface area contributed by atoms with Gasteiger partial charge in [0.1, 0.15) is 5.75 Å². The number of amides is 2. The van der Waals surface area contributed by atoms with Crippen molar-refractivity contribution in [1.29, 1.82) is 0 Å². The maximum Gasteiger partial charge on any atom is 0.227 e. The number of fused-ring (bicyclic) bond motifs is 1. The first kappa shape index (κ1) is 15.8. The fraction of sp³-hybridized carbons (Fsp3) is 0.467. The molecule has 2 heterocycles. The monoisotopic (exact) mass is 338 g/mol. The van der Waals surface area contributed by atoms with Crippen LogP contribution in [-0.4, -0.2) is 44.9 Å². The quantitative estimate of drug-likeness (QED) is 0.880. The number of methoxy groups -OCH3 is 1. The van der Waals surface area contributed by atoms with Crippen LogP contribution in [0.25, 0.3) is 0 Å². The number of sulfone groups is 1. The van der Waals surface area contributed by atoms with Gasteiger partial charge >= 0.3 is 0 Å². The first-order chi connectivity index (χ1) is 10.8. The molecule has 0 spiro atoms. The number of nitrogens with zero attached hydrogens (tertiary/aromatic N) is 1. The van der Waals surface area contributed by atoms with Crippen molar-refractivity contribution in [2.45, 2.75) is 19.4 Å². The number of carbonyl (C=O) groups is 2. The molecule has 1 N–H and O–H groups in total. The second-order valence-electron chi connectivity index (χ2n) is 5.94. The number of anilines is 2. The SMILES string of the molecule is COc1ccc(NC(C)=O)cc1N1C(=O)C[C@H]2CS(=O)(=O)C[C@H]21. The molecule has 23 heavy (non-hydrogen) atoms. The number of hydrogen-bond acceptors (Lipinski definition) is 5. The van der Waals surface area contributed by atoms with Crippen LogP contribution < -0.4 is 15.0 Å². The summed E-state index contributed by atoms with van der Waals surface area (Å²) in [6.07, 6.45) is 0.220. The summed E-state index contributed by atoms with van der Waals surface area (Å²) in [7, 11) is -1.64. The van der Waals surface area contributed by atoms with E-state index in [-0.39, 0.29) is 41.7 Å². The van der Waals surface area contributed by atoms with Gasteiger partial charge in [0.2, 0.25) is 11.8 Å². The summed E-state index contributed by atoms with van der Waals surface area (Å²) in [5.41, 5.74) is 1.03. The van der Waals surface area contributed by atoms with Gasteiger partial charge in [-0.25, -0.2) is 8.42 Å². The van der Waals surface area contributed by atoms with Crippen LogP contribution in [0.3, 0.4) is 0 Å². The Hall–Kier alpha value is -2.09. The molecule has 2 fully saturated rings. The van der Waals surface area contributed by atoms with Gasteiger partial charge in [-0.2, -0.15) is 0 Å². The molecule has 124 valence electrons. The number of hydrogen-bond donors (Lipinski definition) is 1. The molecule has 0 radical (unpaired) electrons. The van der Waals surface area contributed by atoms with Crippen molar-refractivity contribution < 1.29 is 22.7 Å². The smallest absolute Gasteiger partial charge is 0.227 e. The van der Waals surface area contributed by atoms with Gasteiger partial charge in [-0.3, -0.25) is 9.59 Å². The Morgan fingerprint density at radius 2 is 2.09 bits per heavy atom. The van der Waals surface area contributed by atoms with E-state index >= 15 is 0 Å². The highest BCUT2D eigenvalue weighted by atomic mass is 32.2. The summed E-state index contributed by atoms with van der Waals surface area (Å²) in [4.78, 5) is 25.1. The van der Waals surface area contributed by atoms with Crippen molar-refractivity contribution in [2.75, 3.05) is 28.8 Å². The molecule has 2 atom stereocenters. The third-order valence-corrected chi connectivity index (χ3v) is 6.02. The molecular formula is C15H18N2O5S. The second-order valence-corrected chi connectivity index (χ2v) is 8.09. The van der Waals surface area contributed by atoms with E-state index < -0.39 is 9.84 Å². The van der Waals surface area contributed by atoms with Crippen LogP contribution in [0, 0.1) is 5.92 Å².